The second-order valence-electron chi connectivity index (χ2n) is 9.73. The Hall–Kier alpha value is -2.75. The van der Waals surface area contributed by atoms with Gasteiger partial charge in [-0.05, 0) is 48.4 Å². The van der Waals surface area contributed by atoms with Gasteiger partial charge < -0.3 is 14.6 Å². The van der Waals surface area contributed by atoms with E-state index in [0.717, 1.165) is 31.6 Å². The van der Waals surface area contributed by atoms with Crippen molar-refractivity contribution >= 4 is 22.6 Å². The predicted octanol–water partition coefficient (Wildman–Crippen LogP) is 6.38. The summed E-state index contributed by atoms with van der Waals surface area (Å²) in [6.45, 7) is 5.45. The van der Waals surface area contributed by atoms with E-state index in [0.29, 0.717) is 17.4 Å². The maximum atomic E-state index is 11.8. The van der Waals surface area contributed by atoms with Crippen molar-refractivity contribution in [1.29, 1.82) is 0 Å². The second kappa shape index (κ2) is 7.15. The lowest BCUT2D eigenvalue weighted by molar-refractivity contribution is 0.0697. The molecular weight excluding hydrogens is 384 g/mol. The molecule has 1 aromatic heterocycles. The Morgan fingerprint density at radius 3 is 2.68 bits per heavy atom. The van der Waals surface area contributed by atoms with E-state index in [-0.39, 0.29) is 0 Å². The van der Waals surface area contributed by atoms with Gasteiger partial charge in [-0.3, -0.25) is 0 Å². The minimum Gasteiger partial charge on any atom is -0.478 e. The Balaban J connectivity index is 1.69. The number of aryl methyl sites for hydroxylation is 1. The van der Waals surface area contributed by atoms with Crippen LogP contribution in [0.2, 0.25) is 0 Å². The van der Waals surface area contributed by atoms with Crippen molar-refractivity contribution < 1.29 is 9.90 Å². The number of anilines is 1. The molecule has 31 heavy (non-hydrogen) atoms. The quantitative estimate of drug-likeness (QED) is 0.529. The Labute approximate surface area is 183 Å². The highest BCUT2D eigenvalue weighted by atomic mass is 16.4. The van der Waals surface area contributed by atoms with E-state index in [1.807, 2.05) is 6.07 Å². The van der Waals surface area contributed by atoms with Crippen molar-refractivity contribution in [3.05, 3.63) is 53.1 Å². The van der Waals surface area contributed by atoms with Crippen molar-refractivity contribution in [3.63, 3.8) is 0 Å². The van der Waals surface area contributed by atoms with Crippen molar-refractivity contribution in [3.8, 4) is 11.3 Å². The van der Waals surface area contributed by atoms with Crippen molar-refractivity contribution in [2.24, 2.45) is 0 Å². The molecular formula is C27H30N2O2. The number of para-hydroxylation sites is 1. The first-order valence-electron chi connectivity index (χ1n) is 11.9. The summed E-state index contributed by atoms with van der Waals surface area (Å²) >= 11 is 0. The zero-order valence-electron chi connectivity index (χ0n) is 18.2. The lowest BCUT2D eigenvalue weighted by Gasteiger charge is -2.29. The third-order valence-electron chi connectivity index (χ3n) is 7.84. The van der Waals surface area contributed by atoms with Crippen LogP contribution >= 0.6 is 0 Å². The van der Waals surface area contributed by atoms with Crippen LogP contribution in [0.4, 0.5) is 5.69 Å². The fourth-order valence-corrected chi connectivity index (χ4v) is 6.48. The van der Waals surface area contributed by atoms with E-state index >= 15 is 0 Å². The van der Waals surface area contributed by atoms with Gasteiger partial charge in [-0.25, -0.2) is 4.79 Å². The van der Waals surface area contributed by atoms with Gasteiger partial charge in [0, 0.05) is 47.7 Å². The molecule has 4 nitrogen and oxygen atoms in total. The van der Waals surface area contributed by atoms with Gasteiger partial charge in [-0.15, -0.1) is 0 Å². The summed E-state index contributed by atoms with van der Waals surface area (Å²) in [5, 5.41) is 10.9. The molecule has 3 aromatic rings. The summed E-state index contributed by atoms with van der Waals surface area (Å²) in [7, 11) is 0. The van der Waals surface area contributed by atoms with E-state index in [1.165, 1.54) is 65.6 Å². The average molecular weight is 415 g/mol. The first kappa shape index (κ1) is 19.0. The molecule has 0 radical (unpaired) electrons. The van der Waals surface area contributed by atoms with Crippen LogP contribution in [0, 0.1) is 0 Å². The number of carbonyl (C=O) groups is 1. The lowest BCUT2D eigenvalue weighted by atomic mass is 9.81. The summed E-state index contributed by atoms with van der Waals surface area (Å²) in [4.78, 5) is 14.4. The summed E-state index contributed by atoms with van der Waals surface area (Å²) in [6.07, 6.45) is 7.47. The molecule has 0 saturated heterocycles. The summed E-state index contributed by atoms with van der Waals surface area (Å²) in [5.74, 6) is 0.275. The van der Waals surface area contributed by atoms with Gasteiger partial charge in [-0.1, -0.05) is 50.5 Å². The van der Waals surface area contributed by atoms with E-state index in [9.17, 15) is 9.90 Å². The maximum absolute atomic E-state index is 11.8. The van der Waals surface area contributed by atoms with Crippen LogP contribution < -0.4 is 4.90 Å². The summed E-state index contributed by atoms with van der Waals surface area (Å²) < 4.78 is 2.46. The third kappa shape index (κ3) is 2.84. The highest BCUT2D eigenvalue weighted by Crippen LogP contribution is 2.50. The van der Waals surface area contributed by atoms with Crippen LogP contribution in [0.3, 0.4) is 0 Å². The van der Waals surface area contributed by atoms with Gasteiger partial charge in [-0.2, -0.15) is 0 Å². The number of benzene rings is 2. The normalized spacial score (nSPS) is 20.9. The fourth-order valence-electron chi connectivity index (χ4n) is 6.48. The zero-order chi connectivity index (χ0) is 21.1. The standard InChI is InChI=1S/C27H30N2O2/c1-17-16-28-13-6-14-29-23-15-19(27(30)31)11-12-21(23)24(18-7-3-2-4-8-18)26(29)22-10-5-9-20(17)25(22)28/h5,9-12,15,17-18H,2-4,6-8,13-14,16H2,1H3,(H,30,31). The molecule has 1 unspecified atom stereocenters. The first-order chi connectivity index (χ1) is 15.1. The molecule has 2 aromatic carbocycles. The number of carboxylic acid groups (broad SMARTS) is 1. The molecule has 0 spiro atoms. The Morgan fingerprint density at radius 1 is 1.03 bits per heavy atom. The van der Waals surface area contributed by atoms with Gasteiger partial charge in [0.2, 0.25) is 0 Å². The van der Waals surface area contributed by atoms with Crippen LogP contribution in [-0.2, 0) is 6.54 Å². The molecule has 4 heteroatoms. The largest absolute Gasteiger partial charge is 0.478 e. The molecule has 2 aliphatic heterocycles. The van der Waals surface area contributed by atoms with Gasteiger partial charge >= 0.3 is 5.97 Å². The molecule has 0 bridgehead atoms. The number of nitrogens with zero attached hydrogens (tertiary/aromatic N) is 2. The Bertz CT molecular complexity index is 1190. The third-order valence-corrected chi connectivity index (χ3v) is 7.84. The molecule has 6 rings (SSSR count). The van der Waals surface area contributed by atoms with Gasteiger partial charge in [0.15, 0.2) is 0 Å². The van der Waals surface area contributed by atoms with Crippen molar-refractivity contribution in [2.75, 3.05) is 18.0 Å². The average Bonchev–Trinajstić information content (AvgIpc) is 3.27. The number of fused-ring (bicyclic) bond motifs is 4. The maximum Gasteiger partial charge on any atom is 0.335 e. The van der Waals surface area contributed by atoms with Crippen LogP contribution in [0.1, 0.15) is 78.8 Å². The summed E-state index contributed by atoms with van der Waals surface area (Å²) in [5.41, 5.74) is 8.58. The molecule has 3 heterocycles. The Morgan fingerprint density at radius 2 is 1.87 bits per heavy atom. The minimum atomic E-state index is -0.844. The van der Waals surface area contributed by atoms with Gasteiger partial charge in [0.1, 0.15) is 0 Å². The van der Waals surface area contributed by atoms with Crippen LogP contribution in [0.5, 0.6) is 0 Å². The van der Waals surface area contributed by atoms with E-state index < -0.39 is 5.97 Å². The fraction of sp³-hybridized carbons (Fsp3) is 0.444. The molecule has 3 aliphatic rings. The van der Waals surface area contributed by atoms with Crippen molar-refractivity contribution in [1.82, 2.24) is 4.57 Å². The number of rotatable bonds is 2. The van der Waals surface area contributed by atoms with Gasteiger partial charge in [0.25, 0.3) is 0 Å². The monoisotopic (exact) mass is 414 g/mol. The van der Waals surface area contributed by atoms with E-state index in [4.69, 9.17) is 0 Å². The van der Waals surface area contributed by atoms with E-state index in [2.05, 4.69) is 40.7 Å². The van der Waals surface area contributed by atoms with Gasteiger partial charge in [0.05, 0.1) is 11.3 Å². The summed E-state index contributed by atoms with van der Waals surface area (Å²) in [6, 6.07) is 12.6. The van der Waals surface area contributed by atoms with E-state index in [1.54, 1.807) is 6.07 Å². The zero-order valence-corrected chi connectivity index (χ0v) is 18.2. The first-order valence-corrected chi connectivity index (χ1v) is 11.9. The molecule has 1 fully saturated rings. The topological polar surface area (TPSA) is 45.5 Å². The second-order valence-corrected chi connectivity index (χ2v) is 9.73. The number of aromatic nitrogens is 1. The Kier molecular flexibility index (Phi) is 4.38. The number of hydrogen-bond acceptors (Lipinski definition) is 2. The highest BCUT2D eigenvalue weighted by Gasteiger charge is 2.34. The lowest BCUT2D eigenvalue weighted by Crippen LogP contribution is -2.26. The number of carboxylic acids is 1. The van der Waals surface area contributed by atoms with Crippen LogP contribution in [-0.4, -0.2) is 28.7 Å². The molecule has 1 N–H and O–H groups in total. The predicted molar refractivity (Wildman–Crippen MR) is 125 cm³/mol. The molecule has 0 amide bonds. The minimum absolute atomic E-state index is 0.388. The molecule has 160 valence electrons. The molecule has 1 atom stereocenters. The molecule has 1 aliphatic carbocycles. The number of aromatic carboxylic acids is 1. The van der Waals surface area contributed by atoms with Crippen molar-refractivity contribution in [2.45, 2.75) is 63.8 Å². The smallest absolute Gasteiger partial charge is 0.335 e. The number of hydrogen-bond donors (Lipinski definition) is 1. The van der Waals surface area contributed by atoms with Crippen LogP contribution in [0.25, 0.3) is 22.2 Å². The highest BCUT2D eigenvalue weighted by molar-refractivity contribution is 6.00. The van der Waals surface area contributed by atoms with Crippen LogP contribution in [0.15, 0.2) is 36.4 Å². The SMILES string of the molecule is CC1CN2CCCn3c(c(C4CCCCC4)c4ccc(C(=O)O)cc43)-c3cccc1c32. The molecule has 1 saturated carbocycles.